The van der Waals surface area contributed by atoms with E-state index in [1.165, 1.54) is 6.07 Å². The third-order valence-electron chi connectivity index (χ3n) is 2.54. The molecule has 2 nitrogen and oxygen atoms in total. The number of hydrogen-bond acceptors (Lipinski definition) is 2. The fourth-order valence-electron chi connectivity index (χ4n) is 1.66. The molecule has 0 spiro atoms. The van der Waals surface area contributed by atoms with Crippen LogP contribution in [0.4, 0.5) is 10.1 Å². The van der Waals surface area contributed by atoms with Gasteiger partial charge in [-0.1, -0.05) is 35.3 Å². The van der Waals surface area contributed by atoms with Crippen molar-refractivity contribution in [2.45, 2.75) is 6.54 Å². The molecule has 0 amide bonds. The SMILES string of the molecule is N#Cc1cccc(CNc2cc(Cl)cc(Cl)c2)c1F. The van der Waals surface area contributed by atoms with Gasteiger partial charge in [-0.3, -0.25) is 0 Å². The predicted molar refractivity (Wildman–Crippen MR) is 74.9 cm³/mol. The third kappa shape index (κ3) is 3.37. The monoisotopic (exact) mass is 294 g/mol. The van der Waals surface area contributed by atoms with Gasteiger partial charge in [0.25, 0.3) is 0 Å². The summed E-state index contributed by atoms with van der Waals surface area (Å²) in [6, 6.07) is 11.5. The molecule has 0 radical (unpaired) electrons. The first-order valence-corrected chi connectivity index (χ1v) is 6.23. The van der Waals surface area contributed by atoms with Gasteiger partial charge in [-0.2, -0.15) is 5.26 Å². The van der Waals surface area contributed by atoms with Crippen molar-refractivity contribution in [2.24, 2.45) is 0 Å². The maximum absolute atomic E-state index is 13.8. The van der Waals surface area contributed by atoms with Crippen molar-refractivity contribution in [3.05, 3.63) is 63.4 Å². The van der Waals surface area contributed by atoms with Gasteiger partial charge >= 0.3 is 0 Å². The molecule has 2 aromatic carbocycles. The Morgan fingerprint density at radius 3 is 2.47 bits per heavy atom. The number of nitriles is 1. The van der Waals surface area contributed by atoms with Crippen LogP contribution in [0.25, 0.3) is 0 Å². The van der Waals surface area contributed by atoms with Crippen molar-refractivity contribution < 1.29 is 4.39 Å². The van der Waals surface area contributed by atoms with Crippen LogP contribution in [0.1, 0.15) is 11.1 Å². The van der Waals surface area contributed by atoms with Crippen LogP contribution in [0.15, 0.2) is 36.4 Å². The zero-order valence-corrected chi connectivity index (χ0v) is 11.3. The number of halogens is 3. The van der Waals surface area contributed by atoms with Crippen LogP contribution in [0, 0.1) is 17.1 Å². The Balaban J connectivity index is 2.17. The average molecular weight is 295 g/mol. The van der Waals surface area contributed by atoms with E-state index in [2.05, 4.69) is 5.32 Å². The Morgan fingerprint density at radius 1 is 1.16 bits per heavy atom. The second kappa shape index (κ2) is 5.92. The molecular formula is C14H9Cl2FN2. The van der Waals surface area contributed by atoms with Crippen molar-refractivity contribution in [2.75, 3.05) is 5.32 Å². The number of nitrogens with one attached hydrogen (secondary N) is 1. The lowest BCUT2D eigenvalue weighted by molar-refractivity contribution is 0.609. The van der Waals surface area contributed by atoms with E-state index in [9.17, 15) is 4.39 Å². The van der Waals surface area contributed by atoms with E-state index in [1.54, 1.807) is 30.3 Å². The first kappa shape index (κ1) is 13.7. The van der Waals surface area contributed by atoms with E-state index in [0.29, 0.717) is 21.3 Å². The molecule has 96 valence electrons. The quantitative estimate of drug-likeness (QED) is 0.897. The molecule has 2 rings (SSSR count). The van der Waals surface area contributed by atoms with Crippen LogP contribution in [0.2, 0.25) is 10.0 Å². The summed E-state index contributed by atoms with van der Waals surface area (Å²) in [7, 11) is 0. The van der Waals surface area contributed by atoms with Gasteiger partial charge < -0.3 is 5.32 Å². The largest absolute Gasteiger partial charge is 0.381 e. The van der Waals surface area contributed by atoms with Gasteiger partial charge in [0.1, 0.15) is 11.9 Å². The highest BCUT2D eigenvalue weighted by atomic mass is 35.5. The predicted octanol–water partition coefficient (Wildman–Crippen LogP) is 4.62. The van der Waals surface area contributed by atoms with Crippen molar-refractivity contribution in [1.29, 1.82) is 5.26 Å². The third-order valence-corrected chi connectivity index (χ3v) is 2.98. The number of anilines is 1. The molecule has 0 aromatic heterocycles. The highest BCUT2D eigenvalue weighted by molar-refractivity contribution is 6.35. The molecule has 2 aromatic rings. The highest BCUT2D eigenvalue weighted by Gasteiger charge is 2.07. The lowest BCUT2D eigenvalue weighted by atomic mass is 10.1. The molecule has 5 heteroatoms. The number of benzene rings is 2. The van der Waals surface area contributed by atoms with Crippen LogP contribution >= 0.6 is 23.2 Å². The molecule has 1 N–H and O–H groups in total. The van der Waals surface area contributed by atoms with Gasteiger partial charge in [-0.05, 0) is 24.3 Å². The van der Waals surface area contributed by atoms with Crippen molar-refractivity contribution in [3.8, 4) is 6.07 Å². The number of rotatable bonds is 3. The zero-order chi connectivity index (χ0) is 13.8. The number of hydrogen-bond donors (Lipinski definition) is 1. The molecule has 0 saturated heterocycles. The van der Waals surface area contributed by atoms with Crippen molar-refractivity contribution in [3.63, 3.8) is 0 Å². The average Bonchev–Trinajstić information content (AvgIpc) is 2.36. The minimum absolute atomic E-state index is 0.0310. The fraction of sp³-hybridized carbons (Fsp3) is 0.0714. The van der Waals surface area contributed by atoms with Crippen LogP contribution in [-0.4, -0.2) is 0 Å². The molecular weight excluding hydrogens is 286 g/mol. The first-order valence-electron chi connectivity index (χ1n) is 5.47. The minimum atomic E-state index is -0.509. The molecule has 0 unspecified atom stereocenters. The van der Waals surface area contributed by atoms with Gasteiger partial charge in [0.05, 0.1) is 5.56 Å². The van der Waals surface area contributed by atoms with Crippen LogP contribution in [0.5, 0.6) is 0 Å². The first-order chi connectivity index (χ1) is 9.10. The minimum Gasteiger partial charge on any atom is -0.381 e. The van der Waals surface area contributed by atoms with E-state index >= 15 is 0 Å². The summed E-state index contributed by atoms with van der Waals surface area (Å²) in [4.78, 5) is 0. The van der Waals surface area contributed by atoms with Gasteiger partial charge in [0.2, 0.25) is 0 Å². The van der Waals surface area contributed by atoms with E-state index in [4.69, 9.17) is 28.5 Å². The molecule has 0 fully saturated rings. The van der Waals surface area contributed by atoms with Gasteiger partial charge in [0, 0.05) is 27.8 Å². The standard InChI is InChI=1S/C14H9Cl2FN2/c15-11-4-12(16)6-13(5-11)19-8-10-3-1-2-9(7-18)14(10)17/h1-6,19H,8H2. The molecule has 0 aliphatic carbocycles. The second-order valence-electron chi connectivity index (χ2n) is 3.90. The summed E-state index contributed by atoms with van der Waals surface area (Å²) in [5.41, 5.74) is 1.14. The molecule has 19 heavy (non-hydrogen) atoms. The molecule has 0 heterocycles. The van der Waals surface area contributed by atoms with E-state index in [-0.39, 0.29) is 12.1 Å². The normalized spacial score (nSPS) is 10.0. The molecule has 0 bridgehead atoms. The summed E-state index contributed by atoms with van der Waals surface area (Å²) in [5, 5.41) is 12.8. The van der Waals surface area contributed by atoms with Crippen molar-refractivity contribution >= 4 is 28.9 Å². The summed E-state index contributed by atoms with van der Waals surface area (Å²) in [5.74, 6) is -0.509. The van der Waals surface area contributed by atoms with Gasteiger partial charge in [0.15, 0.2) is 0 Å². The Labute approximate surface area is 120 Å². The Bertz CT molecular complexity index is 630. The summed E-state index contributed by atoms with van der Waals surface area (Å²) in [6.45, 7) is 0.248. The maximum Gasteiger partial charge on any atom is 0.145 e. The van der Waals surface area contributed by atoms with E-state index in [1.807, 2.05) is 6.07 Å². The second-order valence-corrected chi connectivity index (χ2v) is 4.78. The zero-order valence-electron chi connectivity index (χ0n) is 9.75. The van der Waals surface area contributed by atoms with Crippen LogP contribution in [0.3, 0.4) is 0 Å². The highest BCUT2D eigenvalue weighted by Crippen LogP contribution is 2.23. The Hall–Kier alpha value is -1.76. The summed E-state index contributed by atoms with van der Waals surface area (Å²) >= 11 is 11.7. The van der Waals surface area contributed by atoms with Crippen LogP contribution in [-0.2, 0) is 6.54 Å². The Kier molecular flexibility index (Phi) is 4.26. The van der Waals surface area contributed by atoms with Gasteiger partial charge in [-0.25, -0.2) is 4.39 Å². The molecule has 0 aliphatic heterocycles. The fourth-order valence-corrected chi connectivity index (χ4v) is 2.18. The molecule has 0 aliphatic rings. The lowest BCUT2D eigenvalue weighted by Gasteiger charge is -2.09. The molecule has 0 saturated carbocycles. The van der Waals surface area contributed by atoms with Crippen LogP contribution < -0.4 is 5.32 Å². The van der Waals surface area contributed by atoms with Crippen molar-refractivity contribution in [1.82, 2.24) is 0 Å². The maximum atomic E-state index is 13.8. The summed E-state index contributed by atoms with van der Waals surface area (Å²) < 4.78 is 13.8. The van der Waals surface area contributed by atoms with Gasteiger partial charge in [-0.15, -0.1) is 0 Å². The summed E-state index contributed by atoms with van der Waals surface area (Å²) in [6.07, 6.45) is 0. The number of nitrogens with zero attached hydrogens (tertiary/aromatic N) is 1. The van der Waals surface area contributed by atoms with E-state index < -0.39 is 5.82 Å². The lowest BCUT2D eigenvalue weighted by Crippen LogP contribution is -2.03. The smallest absolute Gasteiger partial charge is 0.145 e. The van der Waals surface area contributed by atoms with E-state index in [0.717, 1.165) is 0 Å². The molecule has 0 atom stereocenters. The topological polar surface area (TPSA) is 35.8 Å². The Morgan fingerprint density at radius 2 is 1.84 bits per heavy atom.